The molecule has 3 unspecified atom stereocenters. The Morgan fingerprint density at radius 2 is 1.38 bits per heavy atom. The lowest BCUT2D eigenvalue weighted by Gasteiger charge is -2.24. The second-order valence-electron chi connectivity index (χ2n) is 8.94. The molecule has 2 bridgehead atoms. The van der Waals surface area contributed by atoms with E-state index in [1.165, 1.54) is 0 Å². The SMILES string of the molecule is O=C(O)C1C=C2CC(=C(c3ccccc3)c3ccccc3)C1C2C(=O)NCCc1ccccc1. The zero-order valence-electron chi connectivity index (χ0n) is 18.9. The molecule has 1 fully saturated rings. The van der Waals surface area contributed by atoms with Crippen molar-refractivity contribution >= 4 is 17.4 Å². The molecule has 3 aromatic rings. The van der Waals surface area contributed by atoms with Crippen LogP contribution in [0.25, 0.3) is 5.57 Å². The fourth-order valence-electron chi connectivity index (χ4n) is 5.44. The average Bonchev–Trinajstić information content (AvgIpc) is 3.42. The molecule has 3 aromatic carbocycles. The highest BCUT2D eigenvalue weighted by Gasteiger charge is 2.52. The third-order valence-electron chi connectivity index (χ3n) is 6.91. The molecule has 3 atom stereocenters. The van der Waals surface area contributed by atoms with Crippen LogP contribution in [-0.2, 0) is 16.0 Å². The van der Waals surface area contributed by atoms with Crippen LogP contribution in [0.5, 0.6) is 0 Å². The number of carbonyl (C=O) groups is 2. The van der Waals surface area contributed by atoms with Gasteiger partial charge in [0.15, 0.2) is 0 Å². The van der Waals surface area contributed by atoms with Crippen molar-refractivity contribution in [1.29, 1.82) is 0 Å². The summed E-state index contributed by atoms with van der Waals surface area (Å²) in [6.07, 6.45) is 3.18. The van der Waals surface area contributed by atoms with Gasteiger partial charge in [0.25, 0.3) is 0 Å². The van der Waals surface area contributed by atoms with Gasteiger partial charge in [0.2, 0.25) is 5.91 Å². The quantitative estimate of drug-likeness (QED) is 0.492. The highest BCUT2D eigenvalue weighted by molar-refractivity contribution is 5.92. The molecule has 0 aromatic heterocycles. The van der Waals surface area contributed by atoms with Crippen molar-refractivity contribution in [2.45, 2.75) is 12.8 Å². The van der Waals surface area contributed by atoms with Crippen LogP contribution in [0.1, 0.15) is 23.1 Å². The van der Waals surface area contributed by atoms with Crippen molar-refractivity contribution < 1.29 is 14.7 Å². The lowest BCUT2D eigenvalue weighted by molar-refractivity contribution is -0.141. The topological polar surface area (TPSA) is 66.4 Å². The number of hydrogen-bond donors (Lipinski definition) is 2. The summed E-state index contributed by atoms with van der Waals surface area (Å²) in [5, 5.41) is 13.1. The van der Waals surface area contributed by atoms with Crippen molar-refractivity contribution in [1.82, 2.24) is 5.32 Å². The van der Waals surface area contributed by atoms with E-state index in [2.05, 4.69) is 29.6 Å². The van der Waals surface area contributed by atoms with Crippen LogP contribution in [0.3, 0.4) is 0 Å². The third kappa shape index (κ3) is 4.19. The summed E-state index contributed by atoms with van der Waals surface area (Å²) < 4.78 is 0. The number of benzene rings is 3. The van der Waals surface area contributed by atoms with Gasteiger partial charge in [-0.05, 0) is 35.1 Å². The van der Waals surface area contributed by atoms with E-state index in [0.29, 0.717) is 13.0 Å². The first-order chi connectivity index (χ1) is 16.6. The molecule has 0 heterocycles. The van der Waals surface area contributed by atoms with Gasteiger partial charge in [0.05, 0.1) is 11.8 Å². The highest BCUT2D eigenvalue weighted by atomic mass is 16.4. The zero-order valence-corrected chi connectivity index (χ0v) is 18.9. The van der Waals surface area contributed by atoms with Gasteiger partial charge in [-0.15, -0.1) is 0 Å². The third-order valence-corrected chi connectivity index (χ3v) is 6.91. The van der Waals surface area contributed by atoms with E-state index in [-0.39, 0.29) is 11.8 Å². The first kappa shape index (κ1) is 21.9. The van der Waals surface area contributed by atoms with E-state index in [0.717, 1.165) is 39.8 Å². The Morgan fingerprint density at radius 1 is 0.824 bits per heavy atom. The van der Waals surface area contributed by atoms with Crippen LogP contribution in [0, 0.1) is 17.8 Å². The summed E-state index contributed by atoms with van der Waals surface area (Å²) in [7, 11) is 0. The number of hydrogen-bond acceptors (Lipinski definition) is 2. The Bertz CT molecular complexity index is 1200. The summed E-state index contributed by atoms with van der Waals surface area (Å²) >= 11 is 0. The Labute approximate surface area is 199 Å². The van der Waals surface area contributed by atoms with Crippen molar-refractivity contribution in [2.75, 3.05) is 6.54 Å². The van der Waals surface area contributed by atoms with Crippen LogP contribution >= 0.6 is 0 Å². The van der Waals surface area contributed by atoms with Gasteiger partial charge in [-0.2, -0.15) is 0 Å². The second-order valence-corrected chi connectivity index (χ2v) is 8.94. The van der Waals surface area contributed by atoms with Gasteiger partial charge in [0.1, 0.15) is 0 Å². The first-order valence-corrected chi connectivity index (χ1v) is 11.7. The summed E-state index contributed by atoms with van der Waals surface area (Å²) in [5.41, 5.74) is 6.27. The number of rotatable bonds is 7. The number of aliphatic carboxylic acids is 1. The van der Waals surface area contributed by atoms with Gasteiger partial charge in [-0.1, -0.05) is 108 Å². The largest absolute Gasteiger partial charge is 0.481 e. The maximum Gasteiger partial charge on any atom is 0.311 e. The van der Waals surface area contributed by atoms with Gasteiger partial charge in [-0.3, -0.25) is 9.59 Å². The van der Waals surface area contributed by atoms with Gasteiger partial charge in [0, 0.05) is 12.5 Å². The molecule has 2 aliphatic carbocycles. The predicted octanol–water partition coefficient (Wildman–Crippen LogP) is 5.12. The average molecular weight is 450 g/mol. The molecule has 5 rings (SSSR count). The van der Waals surface area contributed by atoms with Crippen molar-refractivity contribution in [3.63, 3.8) is 0 Å². The minimum Gasteiger partial charge on any atom is -0.481 e. The van der Waals surface area contributed by atoms with Crippen LogP contribution in [0.4, 0.5) is 0 Å². The molecule has 2 aliphatic rings. The summed E-state index contributed by atoms with van der Waals surface area (Å²) in [6, 6.07) is 30.2. The summed E-state index contributed by atoms with van der Waals surface area (Å²) in [6.45, 7) is 0.528. The molecule has 0 spiro atoms. The Hall–Kier alpha value is -3.92. The summed E-state index contributed by atoms with van der Waals surface area (Å²) in [5.74, 6) is -2.45. The molecular formula is C30H27NO3. The minimum atomic E-state index is -0.875. The van der Waals surface area contributed by atoms with E-state index in [1.807, 2.05) is 72.8 Å². The number of carboxylic acids is 1. The molecule has 0 aliphatic heterocycles. The van der Waals surface area contributed by atoms with Crippen molar-refractivity contribution in [3.05, 3.63) is 125 Å². The molecule has 0 radical (unpaired) electrons. The van der Waals surface area contributed by atoms with Gasteiger partial charge in [-0.25, -0.2) is 0 Å². The molecule has 2 N–H and O–H groups in total. The number of allylic oxidation sites excluding steroid dienone is 1. The van der Waals surface area contributed by atoms with E-state index < -0.39 is 17.8 Å². The Balaban J connectivity index is 1.49. The number of carboxylic acid groups (broad SMARTS) is 1. The van der Waals surface area contributed by atoms with Crippen LogP contribution in [0.2, 0.25) is 0 Å². The fraction of sp³-hybridized carbons (Fsp3) is 0.200. The van der Waals surface area contributed by atoms with E-state index in [9.17, 15) is 14.7 Å². The number of nitrogens with one attached hydrogen (secondary N) is 1. The van der Waals surface area contributed by atoms with Gasteiger partial charge >= 0.3 is 5.97 Å². The van der Waals surface area contributed by atoms with Crippen molar-refractivity contribution in [3.8, 4) is 0 Å². The van der Waals surface area contributed by atoms with Crippen LogP contribution in [0.15, 0.2) is 108 Å². The Kier molecular flexibility index (Phi) is 6.13. The predicted molar refractivity (Wildman–Crippen MR) is 133 cm³/mol. The lowest BCUT2D eigenvalue weighted by atomic mass is 9.79. The maximum absolute atomic E-state index is 13.3. The lowest BCUT2D eigenvalue weighted by Crippen LogP contribution is -2.36. The standard InChI is InChI=1S/C30H27NO3/c32-29(31-17-16-20-10-4-1-5-11-20)27-23-18-24(28(27)25(19-23)30(33)34)26(21-12-6-2-7-13-21)22-14-8-3-9-15-22/h1-15,19,25,27-28H,16-18H2,(H,31,32)(H,33,34). The fourth-order valence-corrected chi connectivity index (χ4v) is 5.44. The molecule has 4 nitrogen and oxygen atoms in total. The Morgan fingerprint density at radius 3 is 1.94 bits per heavy atom. The number of carbonyl (C=O) groups excluding carboxylic acids is 1. The van der Waals surface area contributed by atoms with E-state index in [1.54, 1.807) is 0 Å². The van der Waals surface area contributed by atoms with E-state index in [4.69, 9.17) is 0 Å². The smallest absolute Gasteiger partial charge is 0.311 e. The normalized spacial score (nSPS) is 20.6. The van der Waals surface area contributed by atoms with Crippen LogP contribution in [-0.4, -0.2) is 23.5 Å². The maximum atomic E-state index is 13.3. The van der Waals surface area contributed by atoms with Crippen molar-refractivity contribution in [2.24, 2.45) is 17.8 Å². The first-order valence-electron chi connectivity index (χ1n) is 11.7. The number of amides is 1. The monoisotopic (exact) mass is 449 g/mol. The zero-order chi connectivity index (χ0) is 23.5. The van der Waals surface area contributed by atoms with Crippen LogP contribution < -0.4 is 5.32 Å². The van der Waals surface area contributed by atoms with Gasteiger partial charge < -0.3 is 10.4 Å². The minimum absolute atomic E-state index is 0.0774. The molecule has 1 amide bonds. The summed E-state index contributed by atoms with van der Waals surface area (Å²) in [4.78, 5) is 25.5. The molecule has 1 saturated carbocycles. The molecular weight excluding hydrogens is 422 g/mol. The molecule has 34 heavy (non-hydrogen) atoms. The number of fused-ring (bicyclic) bond motifs is 2. The van der Waals surface area contributed by atoms with E-state index >= 15 is 0 Å². The highest BCUT2D eigenvalue weighted by Crippen LogP contribution is 2.54. The molecule has 0 saturated heterocycles. The molecule has 170 valence electrons. The molecule has 4 heteroatoms. The second kappa shape index (κ2) is 9.52.